The van der Waals surface area contributed by atoms with E-state index < -0.39 is 71.7 Å². The molecule has 0 radical (unpaired) electrons. The Kier molecular flexibility index (Phi) is 16.2. The number of carboxylic acid groups (broad SMARTS) is 1. The molecule has 13 heteroatoms. The Morgan fingerprint density at radius 2 is 1.25 bits per heavy atom. The van der Waals surface area contributed by atoms with E-state index in [9.17, 15) is 33.9 Å². The lowest BCUT2D eigenvalue weighted by molar-refractivity contribution is -0.145. The number of nitrogens with two attached hydrogens (primary N) is 1. The monoisotopic (exact) mass is 667 g/mol. The van der Waals surface area contributed by atoms with Crippen LogP contribution in [0.5, 0.6) is 0 Å². The van der Waals surface area contributed by atoms with E-state index in [2.05, 4.69) is 21.3 Å². The van der Waals surface area contributed by atoms with Gasteiger partial charge >= 0.3 is 11.9 Å². The zero-order chi connectivity index (χ0) is 35.8. The summed E-state index contributed by atoms with van der Waals surface area (Å²) in [6.45, 7) is 8.58. The van der Waals surface area contributed by atoms with Crippen molar-refractivity contribution >= 4 is 35.6 Å². The molecule has 2 rings (SSSR count). The third-order valence-electron chi connectivity index (χ3n) is 7.47. The third-order valence-corrected chi connectivity index (χ3v) is 7.47. The summed E-state index contributed by atoms with van der Waals surface area (Å²) in [5, 5.41) is 19.7. The van der Waals surface area contributed by atoms with Gasteiger partial charge < -0.3 is 36.8 Å². The van der Waals surface area contributed by atoms with Crippen LogP contribution in [0, 0.1) is 11.8 Å². The molecule has 0 aliphatic rings. The van der Waals surface area contributed by atoms with Crippen molar-refractivity contribution in [2.24, 2.45) is 17.6 Å². The summed E-state index contributed by atoms with van der Waals surface area (Å²) >= 11 is 0. The quantitative estimate of drug-likeness (QED) is 0.121. The Morgan fingerprint density at radius 3 is 1.79 bits per heavy atom. The van der Waals surface area contributed by atoms with E-state index in [-0.39, 0.29) is 38.2 Å². The number of ether oxygens (including phenoxy) is 1. The third kappa shape index (κ3) is 13.9. The Morgan fingerprint density at radius 1 is 0.708 bits per heavy atom. The summed E-state index contributed by atoms with van der Waals surface area (Å²) in [7, 11) is 0. The van der Waals surface area contributed by atoms with Crippen molar-refractivity contribution in [3.8, 4) is 0 Å². The zero-order valence-electron chi connectivity index (χ0n) is 28.2. The molecule has 0 aliphatic carbocycles. The van der Waals surface area contributed by atoms with Crippen LogP contribution < -0.4 is 27.0 Å². The topological polar surface area (TPSA) is 206 Å². The van der Waals surface area contributed by atoms with Crippen LogP contribution in [0.4, 0.5) is 0 Å². The van der Waals surface area contributed by atoms with E-state index in [0.29, 0.717) is 0 Å². The van der Waals surface area contributed by atoms with Crippen LogP contribution in [0.2, 0.25) is 0 Å². The number of aliphatic carboxylic acids is 1. The zero-order valence-corrected chi connectivity index (χ0v) is 28.2. The van der Waals surface area contributed by atoms with Gasteiger partial charge in [-0.25, -0.2) is 0 Å². The lowest BCUT2D eigenvalue weighted by Crippen LogP contribution is -2.59. The number of benzene rings is 2. The second-order valence-corrected chi connectivity index (χ2v) is 12.5. The number of rotatable bonds is 19. The summed E-state index contributed by atoms with van der Waals surface area (Å²) in [6, 6.07) is 12.5. The molecule has 13 nitrogen and oxygen atoms in total. The molecule has 0 saturated carbocycles. The predicted octanol–water partition coefficient (Wildman–Crippen LogP) is 1.83. The van der Waals surface area contributed by atoms with Gasteiger partial charge in [-0.05, 0) is 42.7 Å². The van der Waals surface area contributed by atoms with E-state index in [1.807, 2.05) is 44.2 Å². The van der Waals surface area contributed by atoms with Crippen molar-refractivity contribution < 1.29 is 38.6 Å². The maximum Gasteiger partial charge on any atom is 0.325 e. The van der Waals surface area contributed by atoms with Crippen molar-refractivity contribution in [3.05, 3.63) is 71.8 Å². The summed E-state index contributed by atoms with van der Waals surface area (Å²) in [5.74, 6) is -4.79. The largest absolute Gasteiger partial charge is 0.480 e. The molecular weight excluding hydrogens is 618 g/mol. The van der Waals surface area contributed by atoms with Gasteiger partial charge in [-0.1, -0.05) is 88.4 Å². The van der Waals surface area contributed by atoms with Gasteiger partial charge in [0, 0.05) is 12.8 Å². The molecule has 48 heavy (non-hydrogen) atoms. The first-order valence-corrected chi connectivity index (χ1v) is 16.1. The molecule has 0 aromatic heterocycles. The predicted molar refractivity (Wildman–Crippen MR) is 179 cm³/mol. The molecule has 0 heterocycles. The number of carboxylic acids is 1. The summed E-state index contributed by atoms with van der Waals surface area (Å²) < 4.78 is 5.24. The normalized spacial score (nSPS) is 14.2. The molecule has 0 saturated heterocycles. The van der Waals surface area contributed by atoms with Crippen molar-refractivity contribution in [3.63, 3.8) is 0 Å². The maximum absolute atomic E-state index is 13.6. The summed E-state index contributed by atoms with van der Waals surface area (Å²) in [4.78, 5) is 76.7. The molecular formula is C35H49N5O8. The first-order chi connectivity index (χ1) is 22.7. The molecule has 0 bridgehead atoms. The van der Waals surface area contributed by atoms with Gasteiger partial charge in [-0.3, -0.25) is 28.8 Å². The first kappa shape index (κ1) is 39.4. The molecule has 7 N–H and O–H groups in total. The number of esters is 1. The number of nitrogens with one attached hydrogen (secondary N) is 4. The minimum Gasteiger partial charge on any atom is -0.480 e. The summed E-state index contributed by atoms with van der Waals surface area (Å²) in [6.07, 6.45) is 0.191. The fourth-order valence-corrected chi connectivity index (χ4v) is 4.68. The highest BCUT2D eigenvalue weighted by Crippen LogP contribution is 2.11. The Hall–Kier alpha value is -4.78. The van der Waals surface area contributed by atoms with Crippen LogP contribution in [0.3, 0.4) is 0 Å². The average Bonchev–Trinajstić information content (AvgIpc) is 3.04. The number of carbonyl (C=O) groups excluding carboxylic acids is 5. The highest BCUT2D eigenvalue weighted by molar-refractivity contribution is 5.95. The van der Waals surface area contributed by atoms with Gasteiger partial charge in [-0.15, -0.1) is 0 Å². The van der Waals surface area contributed by atoms with E-state index in [4.69, 9.17) is 10.5 Å². The SMILES string of the molecule is CC(C)C[C@H](NC(=O)[C@@H](NC(=O)[C@@H](N)CCC(=O)OCc1ccccc1)C(C)C)C(=O)N[C@@H](Cc1ccccc1)C(=O)N[C@@H](C)C(=O)O. The molecule has 4 amide bonds. The Bertz CT molecular complexity index is 1370. The van der Waals surface area contributed by atoms with Gasteiger partial charge in [0.1, 0.15) is 30.8 Å². The number of hydrogen-bond acceptors (Lipinski definition) is 8. The Labute approximate surface area is 281 Å². The second kappa shape index (κ2) is 19.8. The smallest absolute Gasteiger partial charge is 0.325 e. The average molecular weight is 668 g/mol. The van der Waals surface area contributed by atoms with Gasteiger partial charge in [0.25, 0.3) is 0 Å². The fraction of sp³-hybridized carbons (Fsp3) is 0.486. The molecule has 5 atom stereocenters. The second-order valence-electron chi connectivity index (χ2n) is 12.5. The van der Waals surface area contributed by atoms with Crippen molar-refractivity contribution in [2.75, 3.05) is 0 Å². The maximum atomic E-state index is 13.6. The minimum atomic E-state index is -1.23. The lowest BCUT2D eigenvalue weighted by Gasteiger charge is -2.28. The van der Waals surface area contributed by atoms with Crippen LogP contribution in [0.15, 0.2) is 60.7 Å². The van der Waals surface area contributed by atoms with E-state index in [1.165, 1.54) is 6.92 Å². The van der Waals surface area contributed by atoms with Crippen LogP contribution in [0.25, 0.3) is 0 Å². The highest BCUT2D eigenvalue weighted by Gasteiger charge is 2.33. The van der Waals surface area contributed by atoms with Gasteiger partial charge in [0.2, 0.25) is 23.6 Å². The molecule has 0 fully saturated rings. The first-order valence-electron chi connectivity index (χ1n) is 16.1. The Balaban J connectivity index is 2.08. The van der Waals surface area contributed by atoms with E-state index >= 15 is 0 Å². The van der Waals surface area contributed by atoms with Crippen LogP contribution in [-0.2, 0) is 46.5 Å². The van der Waals surface area contributed by atoms with Crippen LogP contribution in [-0.4, -0.2) is 70.9 Å². The molecule has 2 aromatic rings. The van der Waals surface area contributed by atoms with Crippen LogP contribution >= 0.6 is 0 Å². The lowest BCUT2D eigenvalue weighted by atomic mass is 9.98. The van der Waals surface area contributed by atoms with E-state index in [1.54, 1.807) is 44.2 Å². The molecule has 0 unspecified atom stereocenters. The van der Waals surface area contributed by atoms with E-state index in [0.717, 1.165) is 11.1 Å². The van der Waals surface area contributed by atoms with Crippen molar-refractivity contribution in [1.29, 1.82) is 0 Å². The summed E-state index contributed by atoms with van der Waals surface area (Å²) in [5.41, 5.74) is 7.60. The van der Waals surface area contributed by atoms with Gasteiger partial charge in [-0.2, -0.15) is 0 Å². The number of amides is 4. The minimum absolute atomic E-state index is 0.00433. The van der Waals surface area contributed by atoms with Crippen molar-refractivity contribution in [1.82, 2.24) is 21.3 Å². The number of hydrogen-bond donors (Lipinski definition) is 6. The van der Waals surface area contributed by atoms with Gasteiger partial charge in [0.15, 0.2) is 0 Å². The van der Waals surface area contributed by atoms with Gasteiger partial charge in [0.05, 0.1) is 6.04 Å². The fourth-order valence-electron chi connectivity index (χ4n) is 4.68. The molecule has 262 valence electrons. The standard InChI is InChI=1S/C35H49N5O8/c1-21(2)18-27(33(44)38-28(19-24-12-8-6-9-13-24)32(43)37-23(5)35(46)47)39-34(45)30(22(3)4)40-31(42)26(36)16-17-29(41)48-20-25-14-10-7-11-15-25/h6-15,21-23,26-28,30H,16-20,36H2,1-5H3,(H,37,43)(H,38,44)(H,39,45)(H,40,42)(H,46,47)/t23-,26-,27-,28-,30-/m0/s1. The highest BCUT2D eigenvalue weighted by atomic mass is 16.5. The molecule has 2 aromatic carbocycles. The number of carbonyl (C=O) groups is 6. The molecule has 0 aliphatic heterocycles. The molecule has 0 spiro atoms. The van der Waals surface area contributed by atoms with Crippen LogP contribution in [0.1, 0.15) is 65.0 Å². The van der Waals surface area contributed by atoms with Crippen molar-refractivity contribution in [2.45, 2.75) is 97.1 Å².